The van der Waals surface area contributed by atoms with Crippen molar-refractivity contribution in [1.82, 2.24) is 10.4 Å². The van der Waals surface area contributed by atoms with Crippen LogP contribution < -0.4 is 5.43 Å². The van der Waals surface area contributed by atoms with E-state index < -0.39 is 0 Å². The number of hydrogen-bond donors (Lipinski definition) is 1. The van der Waals surface area contributed by atoms with Crippen molar-refractivity contribution in [2.45, 2.75) is 20.1 Å². The Morgan fingerprint density at radius 3 is 2.42 bits per heavy atom. The molecule has 0 rings (SSSR count). The molecule has 0 saturated heterocycles. The van der Waals surface area contributed by atoms with Crippen LogP contribution in [0.2, 0.25) is 0 Å². The van der Waals surface area contributed by atoms with E-state index in [1.807, 2.05) is 14.1 Å². The number of carbonyl (C=O) groups excluding carboxylic acids is 1. The standard InChI is InChI=1S/C8H16N2O2/c1-6(2)8(11)12-7(3)9-10(4)5/h7,9H,1H2,2-5H3. The molecule has 0 bridgehead atoms. The molecule has 0 aromatic rings. The summed E-state index contributed by atoms with van der Waals surface area (Å²) in [5.74, 6) is -0.378. The van der Waals surface area contributed by atoms with Crippen LogP contribution in [0.3, 0.4) is 0 Å². The van der Waals surface area contributed by atoms with Crippen molar-refractivity contribution in [3.05, 3.63) is 12.2 Å². The number of esters is 1. The Bertz CT molecular complexity index is 178. The molecule has 4 heteroatoms. The molecule has 0 aliphatic rings. The van der Waals surface area contributed by atoms with Gasteiger partial charge in [-0.1, -0.05) is 6.58 Å². The minimum Gasteiger partial charge on any atom is -0.442 e. The Hall–Kier alpha value is -0.870. The minimum absolute atomic E-state index is 0.329. The van der Waals surface area contributed by atoms with Gasteiger partial charge in [0.05, 0.1) is 0 Å². The molecule has 12 heavy (non-hydrogen) atoms. The molecule has 0 amide bonds. The van der Waals surface area contributed by atoms with Gasteiger partial charge in [-0.2, -0.15) is 0 Å². The van der Waals surface area contributed by atoms with Crippen molar-refractivity contribution < 1.29 is 9.53 Å². The Morgan fingerprint density at radius 1 is 1.58 bits per heavy atom. The highest BCUT2D eigenvalue weighted by Gasteiger charge is 2.09. The number of nitrogens with one attached hydrogen (secondary N) is 1. The second-order valence-electron chi connectivity index (χ2n) is 2.85. The largest absolute Gasteiger partial charge is 0.442 e. The third-order valence-electron chi connectivity index (χ3n) is 1.07. The Labute approximate surface area is 73.2 Å². The molecule has 4 nitrogen and oxygen atoms in total. The molecule has 1 atom stereocenters. The van der Waals surface area contributed by atoms with Crippen molar-refractivity contribution >= 4 is 5.97 Å². The van der Waals surface area contributed by atoms with E-state index >= 15 is 0 Å². The van der Waals surface area contributed by atoms with Gasteiger partial charge in [0.25, 0.3) is 0 Å². The maximum Gasteiger partial charge on any atom is 0.334 e. The molecule has 0 aromatic carbocycles. The van der Waals surface area contributed by atoms with Crippen LogP contribution in [0.4, 0.5) is 0 Å². The Morgan fingerprint density at radius 2 is 2.08 bits per heavy atom. The molecule has 1 unspecified atom stereocenters. The van der Waals surface area contributed by atoms with Gasteiger partial charge in [0, 0.05) is 19.7 Å². The summed E-state index contributed by atoms with van der Waals surface area (Å²) in [6.07, 6.45) is -0.329. The number of carbonyl (C=O) groups is 1. The first-order valence-corrected chi connectivity index (χ1v) is 3.73. The molecule has 1 N–H and O–H groups in total. The van der Waals surface area contributed by atoms with Gasteiger partial charge >= 0.3 is 5.97 Å². The first-order valence-electron chi connectivity index (χ1n) is 3.73. The third kappa shape index (κ3) is 4.87. The maximum atomic E-state index is 11.0. The van der Waals surface area contributed by atoms with Gasteiger partial charge in [0.15, 0.2) is 6.23 Å². The zero-order valence-corrected chi connectivity index (χ0v) is 8.05. The summed E-state index contributed by atoms with van der Waals surface area (Å²) in [5.41, 5.74) is 3.28. The topological polar surface area (TPSA) is 41.6 Å². The molecule has 0 aliphatic carbocycles. The molecule has 70 valence electrons. The zero-order chi connectivity index (χ0) is 9.72. The summed E-state index contributed by atoms with van der Waals surface area (Å²) in [6, 6.07) is 0. The smallest absolute Gasteiger partial charge is 0.334 e. The van der Waals surface area contributed by atoms with Crippen LogP contribution in [0.25, 0.3) is 0 Å². The number of ether oxygens (including phenoxy) is 1. The predicted octanol–water partition coefficient (Wildman–Crippen LogP) is 0.518. The Balaban J connectivity index is 3.76. The van der Waals surface area contributed by atoms with Gasteiger partial charge in [0.1, 0.15) is 0 Å². The molecule has 0 spiro atoms. The molecular formula is C8H16N2O2. The molecule has 0 fully saturated rings. The van der Waals surface area contributed by atoms with Gasteiger partial charge in [-0.25, -0.2) is 15.2 Å². The highest BCUT2D eigenvalue weighted by Crippen LogP contribution is 1.95. The van der Waals surface area contributed by atoms with Crippen LogP contribution in [0.15, 0.2) is 12.2 Å². The fraction of sp³-hybridized carbons (Fsp3) is 0.625. The lowest BCUT2D eigenvalue weighted by atomic mass is 10.4. The van der Waals surface area contributed by atoms with Crippen LogP contribution in [0.5, 0.6) is 0 Å². The van der Waals surface area contributed by atoms with E-state index in [9.17, 15) is 4.79 Å². The molecule has 0 radical (unpaired) electrons. The first kappa shape index (κ1) is 11.1. The summed E-state index contributed by atoms with van der Waals surface area (Å²) >= 11 is 0. The molecule has 0 aliphatic heterocycles. The quantitative estimate of drug-likeness (QED) is 0.290. The average molecular weight is 172 g/mol. The second-order valence-corrected chi connectivity index (χ2v) is 2.85. The van der Waals surface area contributed by atoms with Crippen LogP contribution in [-0.4, -0.2) is 31.3 Å². The van der Waals surface area contributed by atoms with Crippen molar-refractivity contribution in [3.63, 3.8) is 0 Å². The van der Waals surface area contributed by atoms with Crippen molar-refractivity contribution in [2.75, 3.05) is 14.1 Å². The van der Waals surface area contributed by atoms with E-state index in [1.54, 1.807) is 18.9 Å². The normalized spacial score (nSPS) is 12.8. The van der Waals surface area contributed by atoms with Crippen LogP contribution in [0.1, 0.15) is 13.8 Å². The van der Waals surface area contributed by atoms with Gasteiger partial charge in [-0.3, -0.25) is 0 Å². The SMILES string of the molecule is C=C(C)C(=O)OC(C)NN(C)C. The highest BCUT2D eigenvalue weighted by atomic mass is 16.6. The third-order valence-corrected chi connectivity index (χ3v) is 1.07. The highest BCUT2D eigenvalue weighted by molar-refractivity contribution is 5.87. The van der Waals surface area contributed by atoms with E-state index in [4.69, 9.17) is 4.74 Å². The lowest BCUT2D eigenvalue weighted by Gasteiger charge is -2.19. The lowest BCUT2D eigenvalue weighted by molar-refractivity contribution is -0.147. The summed E-state index contributed by atoms with van der Waals surface area (Å²) in [5, 5.41) is 1.72. The number of hydrazine groups is 1. The molecule has 0 aromatic heterocycles. The van der Waals surface area contributed by atoms with Crippen molar-refractivity contribution in [1.29, 1.82) is 0 Å². The predicted molar refractivity (Wildman–Crippen MR) is 47.2 cm³/mol. The van der Waals surface area contributed by atoms with Crippen molar-refractivity contribution in [3.8, 4) is 0 Å². The maximum absolute atomic E-state index is 11.0. The lowest BCUT2D eigenvalue weighted by Crippen LogP contribution is -2.40. The monoisotopic (exact) mass is 172 g/mol. The van der Waals surface area contributed by atoms with Gasteiger partial charge in [-0.15, -0.1) is 0 Å². The first-order chi connectivity index (χ1) is 5.43. The molecule has 0 heterocycles. The van der Waals surface area contributed by atoms with Crippen molar-refractivity contribution in [2.24, 2.45) is 0 Å². The van der Waals surface area contributed by atoms with Crippen LogP contribution >= 0.6 is 0 Å². The van der Waals surface area contributed by atoms with E-state index in [0.717, 1.165) is 0 Å². The number of hydrogen-bond acceptors (Lipinski definition) is 4. The van der Waals surface area contributed by atoms with E-state index in [-0.39, 0.29) is 12.2 Å². The van der Waals surface area contributed by atoms with E-state index in [1.165, 1.54) is 0 Å². The Kier molecular flexibility index (Phi) is 4.54. The number of rotatable bonds is 4. The summed E-state index contributed by atoms with van der Waals surface area (Å²) in [7, 11) is 3.65. The van der Waals surface area contributed by atoms with E-state index in [2.05, 4.69) is 12.0 Å². The number of nitrogens with zero attached hydrogens (tertiary/aromatic N) is 1. The van der Waals surface area contributed by atoms with Gasteiger partial charge in [0.2, 0.25) is 0 Å². The summed E-state index contributed by atoms with van der Waals surface area (Å²) in [6.45, 7) is 6.84. The summed E-state index contributed by atoms with van der Waals surface area (Å²) in [4.78, 5) is 11.0. The van der Waals surface area contributed by atoms with E-state index in [0.29, 0.717) is 5.57 Å². The van der Waals surface area contributed by atoms with Crippen LogP contribution in [-0.2, 0) is 9.53 Å². The zero-order valence-electron chi connectivity index (χ0n) is 8.05. The van der Waals surface area contributed by atoms with Gasteiger partial charge < -0.3 is 4.74 Å². The minimum atomic E-state index is -0.378. The molecular weight excluding hydrogens is 156 g/mol. The summed E-state index contributed by atoms with van der Waals surface area (Å²) < 4.78 is 4.93. The fourth-order valence-electron chi connectivity index (χ4n) is 0.651. The van der Waals surface area contributed by atoms with Gasteiger partial charge in [-0.05, 0) is 13.8 Å². The second kappa shape index (κ2) is 4.90. The van der Waals surface area contributed by atoms with Crippen LogP contribution in [0, 0.1) is 0 Å². The average Bonchev–Trinajstić information content (AvgIpc) is 1.84. The fourth-order valence-corrected chi connectivity index (χ4v) is 0.651. The molecule has 0 saturated carbocycles.